The number of hydrogen-bond donors (Lipinski definition) is 1. The van der Waals surface area contributed by atoms with Gasteiger partial charge in [0.25, 0.3) is 0 Å². The van der Waals surface area contributed by atoms with Gasteiger partial charge in [-0.25, -0.2) is 24.3 Å². The molecule has 0 fully saturated rings. The number of anilines is 1. The van der Waals surface area contributed by atoms with Gasteiger partial charge in [0.05, 0.1) is 24.3 Å². The van der Waals surface area contributed by atoms with E-state index in [1.54, 1.807) is 24.7 Å². The lowest BCUT2D eigenvalue weighted by Gasteiger charge is -2.36. The maximum atomic E-state index is 14.5. The van der Waals surface area contributed by atoms with E-state index in [0.717, 1.165) is 24.1 Å². The standard InChI is InChI=1S/C27H31F2N5O3/c1-3-18(27(35)36)8-5-4-6-13-37-23-15-19(14-21(28)24(23)29)34-12-9-22-20(17(34)2)16-32-26(33-22)25-30-10-7-11-31-25/h7,10-11,14-18H,3-6,8-9,12-13H2,1-2H3,(H,35,36). The van der Waals surface area contributed by atoms with Crippen molar-refractivity contribution in [3.8, 4) is 17.4 Å². The molecule has 1 aliphatic rings. The number of aromatic nitrogens is 4. The monoisotopic (exact) mass is 511 g/mol. The summed E-state index contributed by atoms with van der Waals surface area (Å²) in [5.41, 5.74) is 2.31. The number of rotatable bonds is 11. The van der Waals surface area contributed by atoms with E-state index in [0.29, 0.717) is 49.6 Å². The average Bonchev–Trinajstić information content (AvgIpc) is 2.90. The van der Waals surface area contributed by atoms with Gasteiger partial charge in [-0.15, -0.1) is 0 Å². The summed E-state index contributed by atoms with van der Waals surface area (Å²) in [5.74, 6) is -2.32. The molecule has 0 saturated heterocycles. The predicted octanol–water partition coefficient (Wildman–Crippen LogP) is 5.39. The molecule has 10 heteroatoms. The van der Waals surface area contributed by atoms with Crippen LogP contribution in [0.2, 0.25) is 0 Å². The van der Waals surface area contributed by atoms with Crippen LogP contribution in [0.25, 0.3) is 11.6 Å². The van der Waals surface area contributed by atoms with Gasteiger partial charge in [0.15, 0.2) is 23.2 Å². The van der Waals surface area contributed by atoms with Gasteiger partial charge in [-0.1, -0.05) is 19.8 Å². The third-order valence-corrected chi connectivity index (χ3v) is 6.78. The molecule has 4 rings (SSSR count). The molecule has 3 heterocycles. The molecule has 196 valence electrons. The van der Waals surface area contributed by atoms with Crippen LogP contribution in [-0.4, -0.2) is 44.2 Å². The number of nitrogens with zero attached hydrogens (tertiary/aromatic N) is 5. The highest BCUT2D eigenvalue weighted by atomic mass is 19.2. The molecule has 8 nitrogen and oxygen atoms in total. The van der Waals surface area contributed by atoms with Gasteiger partial charge >= 0.3 is 5.97 Å². The topological polar surface area (TPSA) is 101 Å². The fourth-order valence-electron chi connectivity index (χ4n) is 4.61. The highest BCUT2D eigenvalue weighted by Crippen LogP contribution is 2.36. The van der Waals surface area contributed by atoms with Crippen LogP contribution in [0.1, 0.15) is 63.3 Å². The van der Waals surface area contributed by atoms with Gasteiger partial charge in [-0.05, 0) is 32.3 Å². The second-order valence-electron chi connectivity index (χ2n) is 9.17. The minimum absolute atomic E-state index is 0.127. The van der Waals surface area contributed by atoms with Crippen LogP contribution in [0, 0.1) is 17.6 Å². The van der Waals surface area contributed by atoms with Gasteiger partial charge in [-0.2, -0.15) is 4.39 Å². The highest BCUT2D eigenvalue weighted by Gasteiger charge is 2.28. The first kappa shape index (κ1) is 26.4. The third kappa shape index (κ3) is 6.18. The SMILES string of the molecule is CCC(CCCCCOc1cc(N2CCc3nc(-c4ncccn4)ncc3C2C)cc(F)c1F)C(=O)O. The lowest BCUT2D eigenvalue weighted by Crippen LogP contribution is -2.35. The summed E-state index contributed by atoms with van der Waals surface area (Å²) in [5, 5.41) is 9.13. The van der Waals surface area contributed by atoms with Crippen LogP contribution in [0.4, 0.5) is 14.5 Å². The van der Waals surface area contributed by atoms with Crippen molar-refractivity contribution in [2.24, 2.45) is 5.92 Å². The summed E-state index contributed by atoms with van der Waals surface area (Å²) < 4.78 is 34.6. The van der Waals surface area contributed by atoms with E-state index in [1.165, 1.54) is 12.1 Å². The van der Waals surface area contributed by atoms with Crippen molar-refractivity contribution in [2.45, 2.75) is 58.4 Å². The van der Waals surface area contributed by atoms with Gasteiger partial charge in [0.1, 0.15) is 0 Å². The van der Waals surface area contributed by atoms with Crippen molar-refractivity contribution >= 4 is 11.7 Å². The largest absolute Gasteiger partial charge is 0.490 e. The first-order chi connectivity index (χ1) is 17.9. The molecule has 2 aromatic heterocycles. The van der Waals surface area contributed by atoms with E-state index in [1.807, 2.05) is 18.7 Å². The molecule has 37 heavy (non-hydrogen) atoms. The van der Waals surface area contributed by atoms with Crippen molar-refractivity contribution in [3.05, 3.63) is 59.7 Å². The molecule has 1 N–H and O–H groups in total. The lowest BCUT2D eigenvalue weighted by atomic mass is 9.98. The van der Waals surface area contributed by atoms with Crippen molar-refractivity contribution in [3.63, 3.8) is 0 Å². The van der Waals surface area contributed by atoms with E-state index in [2.05, 4.69) is 19.9 Å². The van der Waals surface area contributed by atoms with Crippen molar-refractivity contribution in [1.29, 1.82) is 0 Å². The smallest absolute Gasteiger partial charge is 0.306 e. The summed E-state index contributed by atoms with van der Waals surface area (Å²) in [6.07, 6.45) is 8.94. The second-order valence-corrected chi connectivity index (χ2v) is 9.17. The van der Waals surface area contributed by atoms with Crippen LogP contribution in [0.3, 0.4) is 0 Å². The fourth-order valence-corrected chi connectivity index (χ4v) is 4.61. The zero-order valence-electron chi connectivity index (χ0n) is 21.0. The zero-order valence-corrected chi connectivity index (χ0v) is 21.0. The first-order valence-corrected chi connectivity index (χ1v) is 12.6. The van der Waals surface area contributed by atoms with Crippen LogP contribution in [0.5, 0.6) is 5.75 Å². The molecule has 2 unspecified atom stereocenters. The van der Waals surface area contributed by atoms with E-state index < -0.39 is 17.6 Å². The Balaban J connectivity index is 1.41. The van der Waals surface area contributed by atoms with E-state index >= 15 is 0 Å². The highest BCUT2D eigenvalue weighted by molar-refractivity contribution is 5.69. The fraction of sp³-hybridized carbons (Fsp3) is 0.444. The summed E-state index contributed by atoms with van der Waals surface area (Å²) in [4.78, 5) is 30.6. The van der Waals surface area contributed by atoms with Gasteiger partial charge in [0.2, 0.25) is 5.82 Å². The number of carbonyl (C=O) groups is 1. The number of unbranched alkanes of at least 4 members (excludes halogenated alkanes) is 2. The minimum atomic E-state index is -1.01. The first-order valence-electron chi connectivity index (χ1n) is 12.6. The molecule has 0 aliphatic carbocycles. The molecule has 1 aliphatic heterocycles. The normalized spacial score (nSPS) is 15.8. The summed E-state index contributed by atoms with van der Waals surface area (Å²) in [6, 6.07) is 4.29. The number of benzene rings is 1. The summed E-state index contributed by atoms with van der Waals surface area (Å²) >= 11 is 0. The molecule has 0 bridgehead atoms. The Morgan fingerprint density at radius 1 is 1.16 bits per heavy atom. The lowest BCUT2D eigenvalue weighted by molar-refractivity contribution is -0.142. The zero-order chi connectivity index (χ0) is 26.4. The Bertz CT molecular complexity index is 1230. The average molecular weight is 512 g/mol. The number of carboxylic acids is 1. The Kier molecular flexibility index (Phi) is 8.58. The van der Waals surface area contributed by atoms with Crippen molar-refractivity contribution in [1.82, 2.24) is 19.9 Å². The summed E-state index contributed by atoms with van der Waals surface area (Å²) in [6.45, 7) is 4.62. The molecule has 2 atom stereocenters. The van der Waals surface area contributed by atoms with Crippen LogP contribution in [-0.2, 0) is 11.2 Å². The Morgan fingerprint density at radius 2 is 1.95 bits per heavy atom. The van der Waals surface area contributed by atoms with Crippen LogP contribution in [0.15, 0.2) is 36.8 Å². The molecule has 3 aromatic rings. The number of fused-ring (bicyclic) bond motifs is 1. The second kappa shape index (κ2) is 12.0. The molecular formula is C27H31F2N5O3. The van der Waals surface area contributed by atoms with Gasteiger partial charge in [0, 0.05) is 54.9 Å². The maximum absolute atomic E-state index is 14.5. The number of hydrogen-bond acceptors (Lipinski definition) is 7. The van der Waals surface area contributed by atoms with Crippen LogP contribution >= 0.6 is 0 Å². The Morgan fingerprint density at radius 3 is 2.68 bits per heavy atom. The van der Waals surface area contributed by atoms with Crippen molar-refractivity contribution in [2.75, 3.05) is 18.1 Å². The molecule has 0 amide bonds. The number of aliphatic carboxylic acids is 1. The van der Waals surface area contributed by atoms with Gasteiger partial charge < -0.3 is 14.7 Å². The third-order valence-electron chi connectivity index (χ3n) is 6.78. The van der Waals surface area contributed by atoms with E-state index in [4.69, 9.17) is 9.84 Å². The number of halogens is 2. The van der Waals surface area contributed by atoms with E-state index in [-0.39, 0.29) is 24.3 Å². The number of ether oxygens (including phenoxy) is 1. The minimum Gasteiger partial charge on any atom is -0.490 e. The molecular weight excluding hydrogens is 480 g/mol. The molecule has 0 saturated carbocycles. The molecule has 0 spiro atoms. The molecule has 0 radical (unpaired) electrons. The van der Waals surface area contributed by atoms with Crippen molar-refractivity contribution < 1.29 is 23.4 Å². The maximum Gasteiger partial charge on any atom is 0.306 e. The molecule has 1 aromatic carbocycles. The van der Waals surface area contributed by atoms with E-state index in [9.17, 15) is 13.6 Å². The number of carboxylic acid groups (broad SMARTS) is 1. The van der Waals surface area contributed by atoms with Gasteiger partial charge in [-0.3, -0.25) is 4.79 Å². The Hall–Kier alpha value is -3.69. The van der Waals surface area contributed by atoms with Crippen LogP contribution < -0.4 is 9.64 Å². The predicted molar refractivity (Wildman–Crippen MR) is 134 cm³/mol. The summed E-state index contributed by atoms with van der Waals surface area (Å²) in [7, 11) is 0. The quantitative estimate of drug-likeness (QED) is 0.342. The Labute approximate surface area is 214 Å².